The van der Waals surface area contributed by atoms with E-state index in [-0.39, 0.29) is 17.4 Å². The Morgan fingerprint density at radius 3 is 2.58 bits per heavy atom. The lowest BCUT2D eigenvalue weighted by molar-refractivity contribution is -0.117. The summed E-state index contributed by atoms with van der Waals surface area (Å²) in [6.45, 7) is 8.20. The smallest absolute Gasteiger partial charge is 0.225 e. The van der Waals surface area contributed by atoms with Gasteiger partial charge in [-0.1, -0.05) is 43.6 Å². The maximum Gasteiger partial charge on any atom is 0.225 e. The number of hydrogen-bond donors (Lipinski definition) is 2. The Bertz CT molecular complexity index is 452. The van der Waals surface area contributed by atoms with E-state index in [1.807, 2.05) is 39.0 Å². The number of carbonyl (C=O) groups excluding carboxylic acids is 1. The first-order chi connectivity index (χ1) is 8.74. The molecule has 0 spiro atoms. The number of halogens is 1. The lowest BCUT2D eigenvalue weighted by Crippen LogP contribution is -2.38. The number of amides is 1. The second-order valence-electron chi connectivity index (χ2n) is 5.88. The van der Waals surface area contributed by atoms with E-state index in [0.29, 0.717) is 6.42 Å². The molecule has 1 aromatic rings. The van der Waals surface area contributed by atoms with Crippen molar-refractivity contribution in [2.75, 3.05) is 5.32 Å². The highest BCUT2D eigenvalue weighted by Crippen LogP contribution is 2.23. The molecule has 0 heterocycles. The van der Waals surface area contributed by atoms with Gasteiger partial charge in [-0.25, -0.2) is 0 Å². The SMILES string of the molecule is CCc1cc(Br)ccc1NC(=O)CC(N)C(C)(C)C. The number of hydrogen-bond acceptors (Lipinski definition) is 2. The van der Waals surface area contributed by atoms with Gasteiger partial charge in [0.15, 0.2) is 0 Å². The minimum atomic E-state index is -0.145. The fourth-order valence-corrected chi connectivity index (χ4v) is 2.09. The van der Waals surface area contributed by atoms with Crippen LogP contribution in [0, 0.1) is 5.41 Å². The third kappa shape index (κ3) is 4.96. The number of aryl methyl sites for hydroxylation is 1. The van der Waals surface area contributed by atoms with Crippen LogP contribution in [0.25, 0.3) is 0 Å². The molecular formula is C15H23BrN2O. The van der Waals surface area contributed by atoms with Crippen LogP contribution in [0.5, 0.6) is 0 Å². The number of carbonyl (C=O) groups is 1. The number of nitrogens with two attached hydrogens (primary N) is 1. The van der Waals surface area contributed by atoms with Gasteiger partial charge in [0.25, 0.3) is 0 Å². The van der Waals surface area contributed by atoms with Crippen LogP contribution in [0.4, 0.5) is 5.69 Å². The minimum Gasteiger partial charge on any atom is -0.327 e. The van der Waals surface area contributed by atoms with Crippen LogP contribution in [0.1, 0.15) is 39.7 Å². The molecule has 1 rings (SSSR count). The van der Waals surface area contributed by atoms with Gasteiger partial charge in [0.1, 0.15) is 0 Å². The van der Waals surface area contributed by atoms with Crippen molar-refractivity contribution in [2.24, 2.45) is 11.1 Å². The Balaban J connectivity index is 2.72. The number of benzene rings is 1. The van der Waals surface area contributed by atoms with Gasteiger partial charge in [-0.15, -0.1) is 0 Å². The van der Waals surface area contributed by atoms with E-state index in [1.165, 1.54) is 0 Å². The van der Waals surface area contributed by atoms with E-state index in [9.17, 15) is 4.79 Å². The van der Waals surface area contributed by atoms with Crippen LogP contribution < -0.4 is 11.1 Å². The Morgan fingerprint density at radius 1 is 1.42 bits per heavy atom. The molecule has 1 atom stereocenters. The maximum atomic E-state index is 12.0. The van der Waals surface area contributed by atoms with Gasteiger partial charge in [0.2, 0.25) is 5.91 Å². The van der Waals surface area contributed by atoms with Crippen molar-refractivity contribution in [3.63, 3.8) is 0 Å². The summed E-state index contributed by atoms with van der Waals surface area (Å²) >= 11 is 3.44. The first kappa shape index (κ1) is 16.2. The number of rotatable bonds is 4. The van der Waals surface area contributed by atoms with Crippen LogP contribution >= 0.6 is 15.9 Å². The van der Waals surface area contributed by atoms with Crippen molar-refractivity contribution in [3.8, 4) is 0 Å². The zero-order chi connectivity index (χ0) is 14.6. The second kappa shape index (κ2) is 6.53. The lowest BCUT2D eigenvalue weighted by Gasteiger charge is -2.26. The molecule has 0 saturated carbocycles. The van der Waals surface area contributed by atoms with E-state index in [0.717, 1.165) is 22.1 Å². The van der Waals surface area contributed by atoms with Crippen molar-refractivity contribution in [1.82, 2.24) is 0 Å². The highest BCUT2D eigenvalue weighted by Gasteiger charge is 2.23. The van der Waals surface area contributed by atoms with Crippen molar-refractivity contribution in [2.45, 2.75) is 46.6 Å². The Labute approximate surface area is 124 Å². The average molecular weight is 327 g/mol. The molecule has 1 aromatic carbocycles. The van der Waals surface area contributed by atoms with E-state index in [1.54, 1.807) is 0 Å². The molecule has 4 heteroatoms. The summed E-state index contributed by atoms with van der Waals surface area (Å²) in [5, 5.41) is 2.95. The summed E-state index contributed by atoms with van der Waals surface area (Å²) in [4.78, 5) is 12.0. The largest absolute Gasteiger partial charge is 0.327 e. The molecule has 0 aliphatic rings. The van der Waals surface area contributed by atoms with Crippen LogP contribution in [0.15, 0.2) is 22.7 Å². The van der Waals surface area contributed by atoms with Crippen molar-refractivity contribution < 1.29 is 4.79 Å². The van der Waals surface area contributed by atoms with Crippen LogP contribution in [0.2, 0.25) is 0 Å². The molecule has 0 aromatic heterocycles. The van der Waals surface area contributed by atoms with E-state index < -0.39 is 0 Å². The fourth-order valence-electron chi connectivity index (χ4n) is 1.68. The molecular weight excluding hydrogens is 304 g/mol. The van der Waals surface area contributed by atoms with E-state index in [2.05, 4.69) is 28.2 Å². The predicted octanol–water partition coefficient (Wildman–Crippen LogP) is 3.71. The van der Waals surface area contributed by atoms with Gasteiger partial charge < -0.3 is 11.1 Å². The Hall–Kier alpha value is -0.870. The summed E-state index contributed by atoms with van der Waals surface area (Å²) in [6.07, 6.45) is 1.21. The topological polar surface area (TPSA) is 55.1 Å². The fraction of sp³-hybridized carbons (Fsp3) is 0.533. The summed E-state index contributed by atoms with van der Waals surface area (Å²) in [7, 11) is 0. The molecule has 19 heavy (non-hydrogen) atoms. The molecule has 106 valence electrons. The molecule has 0 aliphatic heterocycles. The van der Waals surface area contributed by atoms with Gasteiger partial charge in [0, 0.05) is 22.6 Å². The first-order valence-corrected chi connectivity index (χ1v) is 7.37. The molecule has 3 nitrogen and oxygen atoms in total. The molecule has 0 fully saturated rings. The van der Waals surface area contributed by atoms with Gasteiger partial charge in [-0.05, 0) is 35.6 Å². The Kier molecular flexibility index (Phi) is 5.56. The lowest BCUT2D eigenvalue weighted by atomic mass is 9.85. The third-order valence-corrected chi connectivity index (χ3v) is 3.73. The average Bonchev–Trinajstić information content (AvgIpc) is 2.30. The summed E-state index contributed by atoms with van der Waals surface area (Å²) in [5.41, 5.74) is 7.96. The zero-order valence-electron chi connectivity index (χ0n) is 12.1. The van der Waals surface area contributed by atoms with E-state index >= 15 is 0 Å². The van der Waals surface area contributed by atoms with Gasteiger partial charge in [0.05, 0.1) is 0 Å². The van der Waals surface area contributed by atoms with Gasteiger partial charge in [-0.3, -0.25) is 4.79 Å². The van der Waals surface area contributed by atoms with Crippen molar-refractivity contribution in [3.05, 3.63) is 28.2 Å². The molecule has 0 aliphatic carbocycles. The summed E-state index contributed by atoms with van der Waals surface area (Å²) in [5.74, 6) is -0.0283. The van der Waals surface area contributed by atoms with Gasteiger partial charge in [-0.2, -0.15) is 0 Å². The number of anilines is 1. The molecule has 0 bridgehead atoms. The van der Waals surface area contributed by atoms with Crippen molar-refractivity contribution in [1.29, 1.82) is 0 Å². The zero-order valence-corrected chi connectivity index (χ0v) is 13.7. The highest BCUT2D eigenvalue weighted by atomic mass is 79.9. The van der Waals surface area contributed by atoms with Crippen molar-refractivity contribution >= 4 is 27.5 Å². The molecule has 0 radical (unpaired) electrons. The molecule has 3 N–H and O–H groups in total. The Morgan fingerprint density at radius 2 is 2.05 bits per heavy atom. The first-order valence-electron chi connectivity index (χ1n) is 6.58. The maximum absolute atomic E-state index is 12.0. The van der Waals surface area contributed by atoms with Gasteiger partial charge >= 0.3 is 0 Å². The summed E-state index contributed by atoms with van der Waals surface area (Å²) < 4.78 is 1.02. The normalized spacial score (nSPS) is 13.2. The second-order valence-corrected chi connectivity index (χ2v) is 6.80. The van der Waals surface area contributed by atoms with Crippen LogP contribution in [-0.4, -0.2) is 11.9 Å². The standard InChI is InChI=1S/C15H23BrN2O/c1-5-10-8-11(16)6-7-12(10)18-14(19)9-13(17)15(2,3)4/h6-8,13H,5,9,17H2,1-4H3,(H,18,19). The highest BCUT2D eigenvalue weighted by molar-refractivity contribution is 9.10. The predicted molar refractivity (Wildman–Crippen MR) is 84.2 cm³/mol. The monoisotopic (exact) mass is 326 g/mol. The van der Waals surface area contributed by atoms with Crippen LogP contribution in [-0.2, 0) is 11.2 Å². The molecule has 1 amide bonds. The molecule has 0 saturated heterocycles. The third-order valence-electron chi connectivity index (χ3n) is 3.24. The molecule has 1 unspecified atom stereocenters. The minimum absolute atomic E-state index is 0.0283. The summed E-state index contributed by atoms with van der Waals surface area (Å²) in [6, 6.07) is 5.73. The quantitative estimate of drug-likeness (QED) is 0.886. The number of nitrogens with one attached hydrogen (secondary N) is 1. The van der Waals surface area contributed by atoms with E-state index in [4.69, 9.17) is 5.73 Å². The van der Waals surface area contributed by atoms with Crippen LogP contribution in [0.3, 0.4) is 0 Å².